The number of halogens is 1. The van der Waals surface area contributed by atoms with Crippen molar-refractivity contribution in [3.05, 3.63) is 58.0 Å². The molecule has 1 fully saturated rings. The van der Waals surface area contributed by atoms with Gasteiger partial charge in [-0.05, 0) is 53.7 Å². The highest BCUT2D eigenvalue weighted by Crippen LogP contribution is 2.32. The third-order valence-electron chi connectivity index (χ3n) is 4.37. The summed E-state index contributed by atoms with van der Waals surface area (Å²) in [6.45, 7) is -0.661. The number of methoxy groups -OCH3 is 2. The molecule has 0 spiro atoms. The van der Waals surface area contributed by atoms with Crippen LogP contribution in [0.5, 0.6) is 11.5 Å². The van der Waals surface area contributed by atoms with E-state index >= 15 is 0 Å². The second kappa shape index (κ2) is 10.9. The van der Waals surface area contributed by atoms with Gasteiger partial charge in [0.25, 0.3) is 11.1 Å². The summed E-state index contributed by atoms with van der Waals surface area (Å²) in [4.78, 5) is 49.5. The van der Waals surface area contributed by atoms with E-state index in [9.17, 15) is 19.2 Å². The number of carbonyl (C=O) groups is 4. The van der Waals surface area contributed by atoms with E-state index in [1.165, 1.54) is 26.4 Å². The minimum atomic E-state index is -0.570. The Morgan fingerprint density at radius 2 is 1.85 bits per heavy atom. The molecule has 2 aromatic carbocycles. The lowest BCUT2D eigenvalue weighted by atomic mass is 10.2. The number of rotatable bonds is 8. The first-order valence-corrected chi connectivity index (χ1v) is 10.7. The van der Waals surface area contributed by atoms with E-state index in [0.29, 0.717) is 27.8 Å². The quantitative estimate of drug-likeness (QED) is 0.441. The minimum Gasteiger partial charge on any atom is -0.495 e. The van der Waals surface area contributed by atoms with Crippen LogP contribution in [0.2, 0.25) is 5.02 Å². The van der Waals surface area contributed by atoms with E-state index in [1.807, 2.05) is 0 Å². The average molecular weight is 491 g/mol. The largest absolute Gasteiger partial charge is 0.495 e. The smallest absolute Gasteiger partial charge is 0.343 e. The van der Waals surface area contributed by atoms with Crippen molar-refractivity contribution in [2.75, 3.05) is 32.7 Å². The molecule has 0 aliphatic carbocycles. The Morgan fingerprint density at radius 1 is 1.12 bits per heavy atom. The van der Waals surface area contributed by atoms with E-state index in [0.717, 1.165) is 16.7 Å². The van der Waals surface area contributed by atoms with Gasteiger partial charge in [-0.25, -0.2) is 4.79 Å². The molecule has 0 unspecified atom stereocenters. The zero-order valence-electron chi connectivity index (χ0n) is 17.6. The van der Waals surface area contributed by atoms with Gasteiger partial charge in [-0.2, -0.15) is 0 Å². The molecule has 3 amide bonds. The molecule has 3 rings (SSSR count). The van der Waals surface area contributed by atoms with Crippen LogP contribution in [0.25, 0.3) is 6.08 Å². The number of nitrogens with zero attached hydrogens (tertiary/aromatic N) is 1. The van der Waals surface area contributed by atoms with E-state index in [2.05, 4.69) is 10.1 Å². The topological polar surface area (TPSA) is 111 Å². The number of nitrogens with one attached hydrogen (secondary N) is 1. The molecule has 0 atom stereocenters. The first kappa shape index (κ1) is 24.1. The number of carbonyl (C=O) groups excluding carboxylic acids is 4. The van der Waals surface area contributed by atoms with Gasteiger partial charge in [0.2, 0.25) is 5.91 Å². The maximum Gasteiger partial charge on any atom is 0.343 e. The van der Waals surface area contributed by atoms with Gasteiger partial charge < -0.3 is 19.5 Å². The Labute approximate surface area is 198 Å². The molecule has 1 aliphatic heterocycles. The molecular weight excluding hydrogens is 472 g/mol. The summed E-state index contributed by atoms with van der Waals surface area (Å²) in [5.41, 5.74) is 1.05. The van der Waals surface area contributed by atoms with Crippen LogP contribution in [0.4, 0.5) is 10.5 Å². The normalized spacial score (nSPS) is 14.4. The first-order chi connectivity index (χ1) is 15.8. The van der Waals surface area contributed by atoms with Gasteiger partial charge in [-0.1, -0.05) is 23.7 Å². The lowest BCUT2D eigenvalue weighted by Crippen LogP contribution is -2.36. The summed E-state index contributed by atoms with van der Waals surface area (Å²) in [6.07, 6.45) is 1.54. The number of imide groups is 1. The Kier molecular flexibility index (Phi) is 7.96. The number of ether oxygens (including phenoxy) is 3. The Hall–Kier alpha value is -3.50. The molecule has 2 aromatic rings. The van der Waals surface area contributed by atoms with Crippen LogP contribution in [0, 0.1) is 0 Å². The third-order valence-corrected chi connectivity index (χ3v) is 5.58. The molecule has 0 saturated carbocycles. The molecular formula is C22H19ClN2O7S. The second-order valence-corrected chi connectivity index (χ2v) is 8.00. The van der Waals surface area contributed by atoms with Crippen molar-refractivity contribution >= 4 is 58.1 Å². The van der Waals surface area contributed by atoms with Crippen molar-refractivity contribution in [2.24, 2.45) is 0 Å². The number of hydrogen-bond donors (Lipinski definition) is 1. The molecule has 172 valence electrons. The zero-order valence-corrected chi connectivity index (χ0v) is 19.2. The molecule has 0 aromatic heterocycles. The molecule has 0 bridgehead atoms. The Morgan fingerprint density at radius 3 is 2.48 bits per heavy atom. The fourth-order valence-electron chi connectivity index (χ4n) is 2.74. The lowest BCUT2D eigenvalue weighted by Gasteiger charge is -2.13. The van der Waals surface area contributed by atoms with Crippen molar-refractivity contribution in [1.29, 1.82) is 0 Å². The average Bonchev–Trinajstić information content (AvgIpc) is 3.05. The van der Waals surface area contributed by atoms with Crippen LogP contribution >= 0.6 is 23.4 Å². The third kappa shape index (κ3) is 6.27. The van der Waals surface area contributed by atoms with Gasteiger partial charge in [-0.3, -0.25) is 19.3 Å². The fraction of sp³-hybridized carbons (Fsp3) is 0.182. The van der Waals surface area contributed by atoms with Crippen LogP contribution in [-0.2, 0) is 19.1 Å². The number of esters is 1. The van der Waals surface area contributed by atoms with Gasteiger partial charge in [0, 0.05) is 5.69 Å². The summed E-state index contributed by atoms with van der Waals surface area (Å²) < 4.78 is 14.8. The van der Waals surface area contributed by atoms with Crippen LogP contribution in [-0.4, -0.2) is 55.3 Å². The van der Waals surface area contributed by atoms with Crippen molar-refractivity contribution in [3.8, 4) is 11.5 Å². The molecule has 9 nitrogen and oxygen atoms in total. The SMILES string of the molecule is COC(=O)COc1ccc(C=C2SC(=O)N(CC(=O)Nc3ccc(OC)c(Cl)c3)C2=O)cc1. The van der Waals surface area contributed by atoms with Crippen molar-refractivity contribution in [3.63, 3.8) is 0 Å². The van der Waals surface area contributed by atoms with E-state index in [1.54, 1.807) is 36.4 Å². The summed E-state index contributed by atoms with van der Waals surface area (Å²) >= 11 is 6.78. The predicted molar refractivity (Wildman–Crippen MR) is 123 cm³/mol. The van der Waals surface area contributed by atoms with Crippen LogP contribution < -0.4 is 14.8 Å². The molecule has 1 saturated heterocycles. The summed E-state index contributed by atoms with van der Waals surface area (Å²) in [7, 11) is 2.74. The molecule has 1 aliphatic rings. The highest BCUT2D eigenvalue weighted by molar-refractivity contribution is 8.18. The minimum absolute atomic E-state index is 0.184. The number of benzene rings is 2. The number of amides is 3. The summed E-state index contributed by atoms with van der Waals surface area (Å²) in [6, 6.07) is 11.3. The molecule has 1 heterocycles. The zero-order chi connectivity index (χ0) is 24.0. The molecule has 0 radical (unpaired) electrons. The molecule has 33 heavy (non-hydrogen) atoms. The van der Waals surface area contributed by atoms with Gasteiger partial charge >= 0.3 is 5.97 Å². The van der Waals surface area contributed by atoms with E-state index < -0.39 is 29.6 Å². The Balaban J connectivity index is 1.61. The van der Waals surface area contributed by atoms with Gasteiger partial charge in [0.05, 0.1) is 24.1 Å². The predicted octanol–water partition coefficient (Wildman–Crippen LogP) is 3.58. The standard InChI is InChI=1S/C22H19ClN2O7S/c1-30-17-8-5-14(10-16(17)23)24-19(26)11-25-21(28)18(33-22(25)29)9-13-3-6-15(7-4-13)32-12-20(27)31-2/h3-10H,11-12H2,1-2H3,(H,24,26). The van der Waals surface area contributed by atoms with Crippen LogP contribution in [0.15, 0.2) is 47.4 Å². The van der Waals surface area contributed by atoms with E-state index in [4.69, 9.17) is 21.1 Å². The fourth-order valence-corrected chi connectivity index (χ4v) is 3.83. The maximum absolute atomic E-state index is 12.6. The van der Waals surface area contributed by atoms with Crippen LogP contribution in [0.1, 0.15) is 5.56 Å². The Bertz CT molecular complexity index is 1120. The van der Waals surface area contributed by atoms with Crippen molar-refractivity contribution < 1.29 is 33.4 Å². The summed E-state index contributed by atoms with van der Waals surface area (Å²) in [5.74, 6) is -0.729. The molecule has 11 heteroatoms. The summed E-state index contributed by atoms with van der Waals surface area (Å²) in [5, 5.41) is 2.36. The maximum atomic E-state index is 12.6. The highest BCUT2D eigenvalue weighted by Gasteiger charge is 2.36. The van der Waals surface area contributed by atoms with Gasteiger partial charge in [0.15, 0.2) is 6.61 Å². The lowest BCUT2D eigenvalue weighted by molar-refractivity contribution is -0.142. The van der Waals surface area contributed by atoms with Crippen molar-refractivity contribution in [1.82, 2.24) is 4.90 Å². The number of hydrogen-bond acceptors (Lipinski definition) is 8. The van der Waals surface area contributed by atoms with Crippen LogP contribution in [0.3, 0.4) is 0 Å². The highest BCUT2D eigenvalue weighted by atomic mass is 35.5. The second-order valence-electron chi connectivity index (χ2n) is 6.60. The van der Waals surface area contributed by atoms with Gasteiger partial charge in [0.1, 0.15) is 18.0 Å². The van der Waals surface area contributed by atoms with E-state index in [-0.39, 0.29) is 11.5 Å². The monoisotopic (exact) mass is 490 g/mol. The van der Waals surface area contributed by atoms with Gasteiger partial charge in [-0.15, -0.1) is 0 Å². The first-order valence-electron chi connectivity index (χ1n) is 9.49. The number of thioether (sulfide) groups is 1. The number of anilines is 1. The molecule has 1 N–H and O–H groups in total. The van der Waals surface area contributed by atoms with Crippen molar-refractivity contribution in [2.45, 2.75) is 0 Å².